The molecule has 1 aromatic carbocycles. The van der Waals surface area contributed by atoms with E-state index in [1.165, 1.54) is 11.3 Å². The summed E-state index contributed by atoms with van der Waals surface area (Å²) in [4.78, 5) is 0.750. The number of ether oxygens (including phenoxy) is 2. The molecule has 2 heterocycles. The standard InChI is InChI=1S/C18H22O6S/c1-23-12-4-2-10(3-5-12)6-11-7-14(25-9-11)18-17(22)16(21)15(20)13(8-19)24-18/h2-5,7,9,13,15-22H,6,8H2,1H3/t13?,15-,16?,17-,18+/m1/s1. The summed E-state index contributed by atoms with van der Waals surface area (Å²) in [6.07, 6.45) is -4.89. The minimum absolute atomic E-state index is 0.425. The molecule has 136 valence electrons. The number of aliphatic hydroxyl groups is 4. The fourth-order valence-electron chi connectivity index (χ4n) is 2.95. The molecule has 0 spiro atoms. The molecule has 7 heteroatoms. The summed E-state index contributed by atoms with van der Waals surface area (Å²) in [7, 11) is 1.63. The van der Waals surface area contributed by atoms with Gasteiger partial charge in [-0.05, 0) is 41.1 Å². The number of hydrogen-bond donors (Lipinski definition) is 4. The van der Waals surface area contributed by atoms with E-state index in [0.29, 0.717) is 0 Å². The molecular weight excluding hydrogens is 344 g/mol. The first-order chi connectivity index (χ1) is 12.0. The summed E-state index contributed by atoms with van der Waals surface area (Å²) in [5.74, 6) is 0.802. The van der Waals surface area contributed by atoms with Crippen LogP contribution in [-0.2, 0) is 11.2 Å². The summed E-state index contributed by atoms with van der Waals surface area (Å²) in [6.45, 7) is -0.425. The molecule has 2 unspecified atom stereocenters. The fraction of sp³-hybridized carbons (Fsp3) is 0.444. The molecule has 25 heavy (non-hydrogen) atoms. The van der Waals surface area contributed by atoms with Gasteiger partial charge in [0, 0.05) is 4.88 Å². The third-order valence-electron chi connectivity index (χ3n) is 4.41. The lowest BCUT2D eigenvalue weighted by atomic mass is 9.94. The molecule has 0 aliphatic carbocycles. The van der Waals surface area contributed by atoms with Gasteiger partial charge >= 0.3 is 0 Å². The fourth-order valence-corrected chi connectivity index (χ4v) is 3.94. The van der Waals surface area contributed by atoms with Gasteiger partial charge in [-0.25, -0.2) is 0 Å². The van der Waals surface area contributed by atoms with E-state index in [9.17, 15) is 20.4 Å². The highest BCUT2D eigenvalue weighted by atomic mass is 32.1. The first kappa shape index (κ1) is 18.3. The van der Waals surface area contributed by atoms with Crippen LogP contribution in [0.15, 0.2) is 35.7 Å². The van der Waals surface area contributed by atoms with Gasteiger partial charge in [-0.2, -0.15) is 0 Å². The first-order valence-electron chi connectivity index (χ1n) is 8.04. The van der Waals surface area contributed by atoms with Crippen LogP contribution in [0.1, 0.15) is 22.1 Å². The molecule has 1 aliphatic rings. The van der Waals surface area contributed by atoms with Crippen LogP contribution in [0.25, 0.3) is 0 Å². The summed E-state index contributed by atoms with van der Waals surface area (Å²) >= 11 is 1.42. The molecule has 2 aromatic rings. The van der Waals surface area contributed by atoms with Gasteiger partial charge in [0.05, 0.1) is 13.7 Å². The van der Waals surface area contributed by atoms with Crippen LogP contribution in [0, 0.1) is 0 Å². The quantitative estimate of drug-likeness (QED) is 0.627. The number of thiophene rings is 1. The van der Waals surface area contributed by atoms with Crippen molar-refractivity contribution in [3.63, 3.8) is 0 Å². The lowest BCUT2D eigenvalue weighted by Crippen LogP contribution is -2.55. The molecule has 0 bridgehead atoms. The van der Waals surface area contributed by atoms with Crippen molar-refractivity contribution in [1.29, 1.82) is 0 Å². The Balaban J connectivity index is 1.73. The lowest BCUT2D eigenvalue weighted by molar-refractivity contribution is -0.230. The normalized spacial score (nSPS) is 29.6. The Morgan fingerprint density at radius 3 is 2.40 bits per heavy atom. The minimum Gasteiger partial charge on any atom is -0.497 e. The second kappa shape index (κ2) is 7.82. The van der Waals surface area contributed by atoms with Gasteiger partial charge in [0.15, 0.2) is 0 Å². The second-order valence-electron chi connectivity index (χ2n) is 6.13. The maximum absolute atomic E-state index is 10.2. The Labute approximate surface area is 149 Å². The van der Waals surface area contributed by atoms with Gasteiger partial charge in [-0.3, -0.25) is 0 Å². The monoisotopic (exact) mass is 366 g/mol. The van der Waals surface area contributed by atoms with Crippen LogP contribution in [0.5, 0.6) is 5.75 Å². The smallest absolute Gasteiger partial charge is 0.121 e. The van der Waals surface area contributed by atoms with E-state index in [0.717, 1.165) is 28.2 Å². The molecule has 1 aromatic heterocycles. The van der Waals surface area contributed by atoms with Crippen molar-refractivity contribution in [2.24, 2.45) is 0 Å². The van der Waals surface area contributed by atoms with E-state index in [-0.39, 0.29) is 0 Å². The minimum atomic E-state index is -1.36. The van der Waals surface area contributed by atoms with Crippen LogP contribution < -0.4 is 4.74 Å². The molecule has 0 amide bonds. The van der Waals surface area contributed by atoms with E-state index < -0.39 is 37.1 Å². The van der Waals surface area contributed by atoms with Crippen molar-refractivity contribution in [1.82, 2.24) is 0 Å². The van der Waals surface area contributed by atoms with E-state index in [1.54, 1.807) is 7.11 Å². The highest BCUT2D eigenvalue weighted by Crippen LogP contribution is 2.36. The number of aliphatic hydroxyl groups excluding tert-OH is 4. The molecular formula is C18H22O6S. The third kappa shape index (κ3) is 3.87. The number of hydrogen-bond acceptors (Lipinski definition) is 7. The van der Waals surface area contributed by atoms with E-state index >= 15 is 0 Å². The number of rotatable bonds is 5. The second-order valence-corrected chi connectivity index (χ2v) is 7.07. The Morgan fingerprint density at radius 1 is 1.04 bits per heavy atom. The van der Waals surface area contributed by atoms with E-state index in [2.05, 4.69) is 0 Å². The summed E-state index contributed by atoms with van der Waals surface area (Å²) in [5.41, 5.74) is 2.18. The highest BCUT2D eigenvalue weighted by molar-refractivity contribution is 7.10. The predicted octanol–water partition coefficient (Wildman–Crippen LogP) is 0.862. The SMILES string of the molecule is COc1ccc(Cc2csc([C@@H]3OC(CO)[C@@H](O)C(O)[C@H]3O)c2)cc1. The topological polar surface area (TPSA) is 99.4 Å². The molecule has 4 N–H and O–H groups in total. The predicted molar refractivity (Wildman–Crippen MR) is 92.8 cm³/mol. The number of methoxy groups -OCH3 is 1. The van der Waals surface area contributed by atoms with Crippen LogP contribution in [0.4, 0.5) is 0 Å². The van der Waals surface area contributed by atoms with E-state index in [1.807, 2.05) is 35.7 Å². The summed E-state index contributed by atoms with van der Waals surface area (Å²) in [5, 5.41) is 41.3. The molecule has 1 saturated heterocycles. The largest absolute Gasteiger partial charge is 0.497 e. The Bertz CT molecular complexity index is 683. The van der Waals surface area contributed by atoms with Gasteiger partial charge in [-0.1, -0.05) is 12.1 Å². The zero-order valence-electron chi connectivity index (χ0n) is 13.8. The van der Waals surface area contributed by atoms with Crippen molar-refractivity contribution in [2.45, 2.75) is 36.9 Å². The van der Waals surface area contributed by atoms with Crippen LogP contribution >= 0.6 is 11.3 Å². The van der Waals surface area contributed by atoms with Crippen molar-refractivity contribution in [3.05, 3.63) is 51.7 Å². The van der Waals surface area contributed by atoms with Crippen LogP contribution in [-0.4, -0.2) is 58.6 Å². The zero-order chi connectivity index (χ0) is 18.0. The highest BCUT2D eigenvalue weighted by Gasteiger charge is 2.44. The Morgan fingerprint density at radius 2 is 1.76 bits per heavy atom. The van der Waals surface area contributed by atoms with Crippen molar-refractivity contribution >= 4 is 11.3 Å². The van der Waals surface area contributed by atoms with Gasteiger partial charge in [0.1, 0.15) is 36.3 Å². The average molecular weight is 366 g/mol. The third-order valence-corrected chi connectivity index (χ3v) is 5.46. The van der Waals surface area contributed by atoms with Crippen molar-refractivity contribution < 1.29 is 29.9 Å². The lowest BCUT2D eigenvalue weighted by Gasteiger charge is -2.39. The Hall–Kier alpha value is -1.48. The first-order valence-corrected chi connectivity index (χ1v) is 8.92. The number of benzene rings is 1. The molecule has 5 atom stereocenters. The summed E-state index contributed by atoms with van der Waals surface area (Å²) < 4.78 is 10.7. The molecule has 1 fully saturated rings. The van der Waals surface area contributed by atoms with E-state index in [4.69, 9.17) is 9.47 Å². The molecule has 0 saturated carbocycles. The van der Waals surface area contributed by atoms with Crippen molar-refractivity contribution in [3.8, 4) is 5.75 Å². The molecule has 0 radical (unpaired) electrons. The van der Waals surface area contributed by atoms with Gasteiger partial charge in [0.25, 0.3) is 0 Å². The van der Waals surface area contributed by atoms with Gasteiger partial charge in [-0.15, -0.1) is 11.3 Å². The molecule has 1 aliphatic heterocycles. The maximum Gasteiger partial charge on any atom is 0.121 e. The van der Waals surface area contributed by atoms with Crippen LogP contribution in [0.2, 0.25) is 0 Å². The van der Waals surface area contributed by atoms with Crippen LogP contribution in [0.3, 0.4) is 0 Å². The average Bonchev–Trinajstić information content (AvgIpc) is 3.09. The maximum atomic E-state index is 10.2. The van der Waals surface area contributed by atoms with Gasteiger partial charge in [0.2, 0.25) is 0 Å². The summed E-state index contributed by atoms with van der Waals surface area (Å²) in [6, 6.07) is 9.70. The molecule has 6 nitrogen and oxygen atoms in total. The Kier molecular flexibility index (Phi) is 5.73. The van der Waals surface area contributed by atoms with Crippen molar-refractivity contribution in [2.75, 3.05) is 13.7 Å². The zero-order valence-corrected chi connectivity index (χ0v) is 14.6. The van der Waals surface area contributed by atoms with Gasteiger partial charge < -0.3 is 29.9 Å². The molecule has 3 rings (SSSR count).